The summed E-state index contributed by atoms with van der Waals surface area (Å²) in [6.45, 7) is 8.41. The Balaban J connectivity index is 2.23. The van der Waals surface area contributed by atoms with Gasteiger partial charge in [-0.25, -0.2) is 4.67 Å². The summed E-state index contributed by atoms with van der Waals surface area (Å²) in [5.41, 5.74) is 1.12. The Morgan fingerprint density at radius 3 is 1.64 bits per heavy atom. The third-order valence-electron chi connectivity index (χ3n) is 4.82. The minimum atomic E-state index is -3.09. The number of nitrogens with zero attached hydrogens (tertiary/aromatic N) is 1. The predicted octanol–water partition coefficient (Wildman–Crippen LogP) is 5.72. The maximum atomic E-state index is 14.8. The first kappa shape index (κ1) is 20.1. The fourth-order valence-electron chi connectivity index (χ4n) is 3.54. The molecule has 0 heterocycles. The van der Waals surface area contributed by atoms with Crippen molar-refractivity contribution in [1.29, 1.82) is 0 Å². The van der Waals surface area contributed by atoms with Crippen LogP contribution < -0.4 is 10.6 Å². The molecule has 0 fully saturated rings. The topological polar surface area (TPSA) is 20.3 Å². The molecule has 28 heavy (non-hydrogen) atoms. The molecule has 0 unspecified atom stereocenters. The largest absolute Gasteiger partial charge is 0.296 e. The molecule has 0 aliphatic heterocycles. The van der Waals surface area contributed by atoms with Gasteiger partial charge in [0, 0.05) is 23.2 Å². The van der Waals surface area contributed by atoms with Gasteiger partial charge in [-0.1, -0.05) is 78.9 Å². The van der Waals surface area contributed by atoms with E-state index in [9.17, 15) is 4.57 Å². The van der Waals surface area contributed by atoms with Gasteiger partial charge in [0.15, 0.2) is 0 Å². The average Bonchev–Trinajstić information content (AvgIpc) is 2.77. The van der Waals surface area contributed by atoms with Gasteiger partial charge >= 0.3 is 0 Å². The van der Waals surface area contributed by atoms with E-state index >= 15 is 0 Å². The quantitative estimate of drug-likeness (QED) is 0.346. The molecule has 0 spiro atoms. The molecule has 0 radical (unpaired) electrons. The molecule has 0 aromatic heterocycles. The number of hydrogen-bond acceptors (Lipinski definition) is 1. The van der Waals surface area contributed by atoms with Crippen LogP contribution in [0.5, 0.6) is 0 Å². The van der Waals surface area contributed by atoms with Gasteiger partial charge in [0.1, 0.15) is 0 Å². The van der Waals surface area contributed by atoms with E-state index in [1.807, 2.05) is 91.0 Å². The van der Waals surface area contributed by atoms with E-state index in [0.717, 1.165) is 16.2 Å². The van der Waals surface area contributed by atoms with Crippen LogP contribution in [0, 0.1) is 0 Å². The standard InChI is InChI=1S/C25H26NOP/c1-3-14-25(22-15-8-5-9-16-22)26(21-4-2)28(27,23-17-10-6-11-18-23)24-19-12-7-13-20-24/h3-13,15-20,25H,1-2,14,21H2/t25-/m1/s1. The minimum Gasteiger partial charge on any atom is -0.296 e. The van der Waals surface area contributed by atoms with Crippen molar-refractivity contribution in [2.75, 3.05) is 6.54 Å². The summed E-state index contributed by atoms with van der Waals surface area (Å²) in [5, 5.41) is 1.65. The summed E-state index contributed by atoms with van der Waals surface area (Å²) >= 11 is 0. The molecule has 0 N–H and O–H groups in total. The lowest BCUT2D eigenvalue weighted by Crippen LogP contribution is -2.35. The summed E-state index contributed by atoms with van der Waals surface area (Å²) in [4.78, 5) is 0. The van der Waals surface area contributed by atoms with Crippen LogP contribution in [0.1, 0.15) is 18.0 Å². The monoisotopic (exact) mass is 387 g/mol. The average molecular weight is 387 g/mol. The third-order valence-corrected chi connectivity index (χ3v) is 7.99. The maximum Gasteiger partial charge on any atom is 0.208 e. The second-order valence-corrected chi connectivity index (χ2v) is 9.31. The fraction of sp³-hybridized carbons (Fsp3) is 0.120. The molecule has 0 saturated carbocycles. The van der Waals surface area contributed by atoms with Crippen LogP contribution in [0.4, 0.5) is 0 Å². The Kier molecular flexibility index (Phi) is 6.81. The zero-order chi connectivity index (χ0) is 19.8. The maximum absolute atomic E-state index is 14.8. The normalized spacial score (nSPS) is 12.5. The molecule has 3 rings (SSSR count). The lowest BCUT2D eigenvalue weighted by Gasteiger charge is -2.38. The highest BCUT2D eigenvalue weighted by Crippen LogP contribution is 2.52. The molecule has 0 saturated heterocycles. The Morgan fingerprint density at radius 2 is 1.21 bits per heavy atom. The van der Waals surface area contributed by atoms with Gasteiger partial charge in [-0.15, -0.1) is 13.2 Å². The Morgan fingerprint density at radius 1 is 0.750 bits per heavy atom. The molecule has 3 aromatic rings. The third kappa shape index (κ3) is 4.09. The number of hydrogen-bond donors (Lipinski definition) is 0. The second-order valence-electron chi connectivity index (χ2n) is 6.61. The summed E-state index contributed by atoms with van der Waals surface area (Å²) in [7, 11) is -3.09. The minimum absolute atomic E-state index is 0.0667. The summed E-state index contributed by atoms with van der Waals surface area (Å²) in [6, 6.07) is 29.7. The van der Waals surface area contributed by atoms with Gasteiger partial charge in [0.25, 0.3) is 0 Å². The van der Waals surface area contributed by atoms with E-state index < -0.39 is 7.29 Å². The van der Waals surface area contributed by atoms with Crippen molar-refractivity contribution < 1.29 is 4.57 Å². The van der Waals surface area contributed by atoms with Crippen LogP contribution in [-0.4, -0.2) is 11.2 Å². The van der Waals surface area contributed by atoms with E-state index in [4.69, 9.17) is 0 Å². The van der Waals surface area contributed by atoms with Crippen LogP contribution in [0.15, 0.2) is 116 Å². The molecule has 2 nitrogen and oxygen atoms in total. The summed E-state index contributed by atoms with van der Waals surface area (Å²) in [5.74, 6) is 0. The first-order valence-corrected chi connectivity index (χ1v) is 11.1. The Bertz CT molecular complexity index is 895. The highest BCUT2D eigenvalue weighted by Gasteiger charge is 2.38. The van der Waals surface area contributed by atoms with E-state index in [1.54, 1.807) is 0 Å². The summed E-state index contributed by atoms with van der Waals surface area (Å²) in [6.07, 6.45) is 4.42. The van der Waals surface area contributed by atoms with E-state index in [2.05, 4.69) is 30.0 Å². The van der Waals surface area contributed by atoms with Crippen molar-refractivity contribution >= 4 is 17.9 Å². The molecular weight excluding hydrogens is 361 g/mol. The Labute approximate surface area is 168 Å². The van der Waals surface area contributed by atoms with Crippen molar-refractivity contribution in [2.45, 2.75) is 12.5 Å². The van der Waals surface area contributed by atoms with Crippen LogP contribution in [0.3, 0.4) is 0 Å². The number of benzene rings is 3. The van der Waals surface area contributed by atoms with Crippen molar-refractivity contribution in [3.05, 3.63) is 122 Å². The van der Waals surface area contributed by atoms with E-state index in [0.29, 0.717) is 13.0 Å². The SMILES string of the molecule is C=CC[C@H](c1ccccc1)N(CC=C)P(=O)(c1ccccc1)c1ccccc1. The highest BCUT2D eigenvalue weighted by molar-refractivity contribution is 7.76. The van der Waals surface area contributed by atoms with E-state index in [1.165, 1.54) is 0 Å². The lowest BCUT2D eigenvalue weighted by atomic mass is 10.0. The molecule has 0 bridgehead atoms. The molecule has 3 heteroatoms. The molecule has 142 valence electrons. The summed E-state index contributed by atoms with van der Waals surface area (Å²) < 4.78 is 16.9. The molecule has 0 aliphatic rings. The zero-order valence-electron chi connectivity index (χ0n) is 16.0. The molecule has 0 amide bonds. The van der Waals surface area contributed by atoms with Crippen molar-refractivity contribution in [1.82, 2.24) is 4.67 Å². The van der Waals surface area contributed by atoms with Gasteiger partial charge in [0.05, 0.1) is 0 Å². The van der Waals surface area contributed by atoms with Crippen LogP contribution >= 0.6 is 7.29 Å². The van der Waals surface area contributed by atoms with Crippen LogP contribution in [0.2, 0.25) is 0 Å². The van der Waals surface area contributed by atoms with E-state index in [-0.39, 0.29) is 6.04 Å². The van der Waals surface area contributed by atoms with Crippen LogP contribution in [0.25, 0.3) is 0 Å². The fourth-order valence-corrected chi connectivity index (χ4v) is 6.55. The molecular formula is C25H26NOP. The second kappa shape index (κ2) is 9.50. The van der Waals surface area contributed by atoms with Gasteiger partial charge in [-0.05, 0) is 36.2 Å². The highest BCUT2D eigenvalue weighted by atomic mass is 31.2. The molecule has 0 aliphatic carbocycles. The van der Waals surface area contributed by atoms with Gasteiger partial charge in [0.2, 0.25) is 7.29 Å². The Hall–Kier alpha value is -2.67. The lowest BCUT2D eigenvalue weighted by molar-refractivity contribution is 0.358. The number of rotatable bonds is 9. The molecule has 1 atom stereocenters. The van der Waals surface area contributed by atoms with Gasteiger partial charge in [-0.3, -0.25) is 4.57 Å². The molecule has 3 aromatic carbocycles. The van der Waals surface area contributed by atoms with Crippen molar-refractivity contribution in [3.63, 3.8) is 0 Å². The first-order chi connectivity index (χ1) is 13.7. The van der Waals surface area contributed by atoms with Crippen molar-refractivity contribution in [3.8, 4) is 0 Å². The van der Waals surface area contributed by atoms with Crippen LogP contribution in [-0.2, 0) is 4.57 Å². The predicted molar refractivity (Wildman–Crippen MR) is 121 cm³/mol. The van der Waals surface area contributed by atoms with Gasteiger partial charge < -0.3 is 0 Å². The smallest absolute Gasteiger partial charge is 0.208 e. The van der Waals surface area contributed by atoms with Gasteiger partial charge in [-0.2, -0.15) is 0 Å². The zero-order valence-corrected chi connectivity index (χ0v) is 16.9. The first-order valence-electron chi connectivity index (χ1n) is 9.47. The van der Waals surface area contributed by atoms with Crippen molar-refractivity contribution in [2.24, 2.45) is 0 Å².